The third-order valence-electron chi connectivity index (χ3n) is 5.58. The lowest BCUT2D eigenvalue weighted by Crippen LogP contribution is -2.45. The first-order chi connectivity index (χ1) is 12.3. The minimum atomic E-state index is 0.393. The van der Waals surface area contributed by atoms with Crippen molar-refractivity contribution in [1.29, 1.82) is 0 Å². The molecule has 0 radical (unpaired) electrons. The smallest absolute Gasteiger partial charge is 0.225 e. The van der Waals surface area contributed by atoms with E-state index in [2.05, 4.69) is 44.0 Å². The molecule has 2 fully saturated rings. The fourth-order valence-corrected chi connectivity index (χ4v) is 4.32. The van der Waals surface area contributed by atoms with Crippen molar-refractivity contribution in [3.63, 3.8) is 0 Å². The lowest BCUT2D eigenvalue weighted by atomic mass is 9.79. The van der Waals surface area contributed by atoms with Gasteiger partial charge in [0.15, 0.2) is 0 Å². The first-order valence-electron chi connectivity index (χ1n) is 9.14. The van der Waals surface area contributed by atoms with Crippen LogP contribution in [0.4, 0.5) is 5.95 Å². The number of likely N-dealkylation sites (tertiary alicyclic amines) is 1. The largest absolute Gasteiger partial charge is 0.497 e. The van der Waals surface area contributed by atoms with Gasteiger partial charge in [-0.15, -0.1) is 0 Å². The van der Waals surface area contributed by atoms with Gasteiger partial charge in [-0.25, -0.2) is 9.97 Å². The number of methoxy groups -OCH3 is 1. The number of nitrogens with zero attached hydrogens (tertiary/aromatic N) is 4. The van der Waals surface area contributed by atoms with Crippen LogP contribution in [0.1, 0.15) is 24.8 Å². The van der Waals surface area contributed by atoms with Crippen LogP contribution < -0.4 is 9.64 Å². The first kappa shape index (κ1) is 16.3. The van der Waals surface area contributed by atoms with Crippen LogP contribution in [-0.2, 0) is 6.54 Å². The summed E-state index contributed by atoms with van der Waals surface area (Å²) in [6, 6.07) is 10.3. The Bertz CT molecular complexity index is 691. The maximum Gasteiger partial charge on any atom is 0.225 e. The zero-order valence-corrected chi connectivity index (χ0v) is 14.9. The standard InChI is InChI=1S/C20H26N4O/c1-25-18-6-4-17(5-7-18)14-23-13-9-20(15-23)8-2-12-24(16-20)19-21-10-3-11-22-19/h3-7,10-11H,2,8-9,12-16H2,1H3. The van der Waals surface area contributed by atoms with Gasteiger partial charge in [-0.1, -0.05) is 12.1 Å². The molecule has 2 aromatic rings. The van der Waals surface area contributed by atoms with Crippen LogP contribution in [0, 0.1) is 5.41 Å². The number of benzene rings is 1. The SMILES string of the molecule is COc1ccc(CN2CCC3(CCCN(c4ncccn4)C3)C2)cc1. The highest BCUT2D eigenvalue weighted by Gasteiger charge is 2.41. The molecule has 2 aliphatic rings. The average molecular weight is 338 g/mol. The molecule has 0 bridgehead atoms. The zero-order valence-electron chi connectivity index (χ0n) is 14.9. The van der Waals surface area contributed by atoms with Gasteiger partial charge in [0.2, 0.25) is 5.95 Å². The number of anilines is 1. The highest BCUT2D eigenvalue weighted by Crippen LogP contribution is 2.40. The summed E-state index contributed by atoms with van der Waals surface area (Å²) in [5.41, 5.74) is 1.75. The molecule has 25 heavy (non-hydrogen) atoms. The van der Waals surface area contributed by atoms with Crippen molar-refractivity contribution in [3.05, 3.63) is 48.3 Å². The number of hydrogen-bond acceptors (Lipinski definition) is 5. The van der Waals surface area contributed by atoms with Crippen LogP contribution in [0.5, 0.6) is 5.75 Å². The molecule has 1 atom stereocenters. The van der Waals surface area contributed by atoms with Gasteiger partial charge in [-0.05, 0) is 49.6 Å². The molecule has 1 aromatic carbocycles. The van der Waals surface area contributed by atoms with E-state index in [-0.39, 0.29) is 0 Å². The fraction of sp³-hybridized carbons (Fsp3) is 0.500. The molecule has 0 amide bonds. The Balaban J connectivity index is 1.40. The summed E-state index contributed by atoms with van der Waals surface area (Å²) >= 11 is 0. The summed E-state index contributed by atoms with van der Waals surface area (Å²) in [7, 11) is 1.71. The second-order valence-corrected chi connectivity index (χ2v) is 7.38. The van der Waals surface area contributed by atoms with Crippen molar-refractivity contribution in [2.45, 2.75) is 25.8 Å². The van der Waals surface area contributed by atoms with Crippen LogP contribution in [0.3, 0.4) is 0 Å². The molecule has 1 aromatic heterocycles. The quantitative estimate of drug-likeness (QED) is 0.857. The third-order valence-corrected chi connectivity index (χ3v) is 5.58. The molecule has 5 heteroatoms. The molecule has 2 aliphatic heterocycles. The van der Waals surface area contributed by atoms with E-state index in [1.54, 1.807) is 7.11 Å². The average Bonchev–Trinajstić information content (AvgIpc) is 3.05. The van der Waals surface area contributed by atoms with Gasteiger partial charge in [0.1, 0.15) is 5.75 Å². The summed E-state index contributed by atoms with van der Waals surface area (Å²) in [5.74, 6) is 1.81. The number of hydrogen-bond donors (Lipinski definition) is 0. The summed E-state index contributed by atoms with van der Waals surface area (Å²) < 4.78 is 5.25. The third kappa shape index (κ3) is 3.61. The van der Waals surface area contributed by atoms with Crippen molar-refractivity contribution in [1.82, 2.24) is 14.9 Å². The Morgan fingerprint density at radius 3 is 2.60 bits per heavy atom. The molecule has 5 nitrogen and oxygen atoms in total. The van der Waals surface area contributed by atoms with Crippen molar-refractivity contribution in [2.24, 2.45) is 5.41 Å². The topological polar surface area (TPSA) is 41.5 Å². The van der Waals surface area contributed by atoms with Crippen molar-refractivity contribution in [2.75, 3.05) is 38.2 Å². The molecule has 0 N–H and O–H groups in total. The van der Waals surface area contributed by atoms with Crippen LogP contribution in [-0.4, -0.2) is 48.2 Å². The van der Waals surface area contributed by atoms with E-state index >= 15 is 0 Å². The van der Waals surface area contributed by atoms with Crippen LogP contribution >= 0.6 is 0 Å². The maximum absolute atomic E-state index is 5.25. The number of ether oxygens (including phenoxy) is 1. The number of aromatic nitrogens is 2. The Hall–Kier alpha value is -2.14. The maximum atomic E-state index is 5.25. The number of piperidine rings is 1. The predicted molar refractivity (Wildman–Crippen MR) is 98.8 cm³/mol. The predicted octanol–water partition coefficient (Wildman–Crippen LogP) is 2.98. The van der Waals surface area contributed by atoms with Crippen LogP contribution in [0.2, 0.25) is 0 Å². The molecule has 1 unspecified atom stereocenters. The molecular weight excluding hydrogens is 312 g/mol. The number of rotatable bonds is 4. The highest BCUT2D eigenvalue weighted by molar-refractivity contribution is 5.31. The summed E-state index contributed by atoms with van der Waals surface area (Å²) in [5, 5.41) is 0. The first-order valence-corrected chi connectivity index (χ1v) is 9.14. The molecule has 132 valence electrons. The van der Waals surface area contributed by atoms with Gasteiger partial charge in [0.05, 0.1) is 7.11 Å². The summed E-state index contributed by atoms with van der Waals surface area (Å²) in [6.07, 6.45) is 7.50. The summed E-state index contributed by atoms with van der Waals surface area (Å²) in [4.78, 5) is 13.9. The fourth-order valence-electron chi connectivity index (χ4n) is 4.32. The normalized spacial score (nSPS) is 24.0. The molecule has 3 heterocycles. The molecular formula is C20H26N4O. The van der Waals surface area contributed by atoms with E-state index in [9.17, 15) is 0 Å². The van der Waals surface area contributed by atoms with Crippen LogP contribution in [0.25, 0.3) is 0 Å². The van der Waals surface area contributed by atoms with E-state index in [0.717, 1.165) is 31.3 Å². The lowest BCUT2D eigenvalue weighted by molar-refractivity contribution is 0.215. The Kier molecular flexibility index (Phi) is 4.57. The van der Waals surface area contributed by atoms with Crippen molar-refractivity contribution < 1.29 is 4.74 Å². The Labute approximate surface area is 149 Å². The molecule has 4 rings (SSSR count). The monoisotopic (exact) mass is 338 g/mol. The van der Waals surface area contributed by atoms with E-state index < -0.39 is 0 Å². The minimum absolute atomic E-state index is 0.393. The Morgan fingerprint density at radius 2 is 1.84 bits per heavy atom. The lowest BCUT2D eigenvalue weighted by Gasteiger charge is -2.40. The van der Waals surface area contributed by atoms with Gasteiger partial charge < -0.3 is 9.64 Å². The Morgan fingerprint density at radius 1 is 1.04 bits per heavy atom. The van der Waals surface area contributed by atoms with E-state index in [1.165, 1.54) is 37.9 Å². The van der Waals surface area contributed by atoms with Crippen LogP contribution in [0.15, 0.2) is 42.7 Å². The summed E-state index contributed by atoms with van der Waals surface area (Å²) in [6.45, 7) is 5.52. The minimum Gasteiger partial charge on any atom is -0.497 e. The van der Waals surface area contributed by atoms with Gasteiger partial charge >= 0.3 is 0 Å². The van der Waals surface area contributed by atoms with Crippen molar-refractivity contribution >= 4 is 5.95 Å². The highest BCUT2D eigenvalue weighted by atomic mass is 16.5. The van der Waals surface area contributed by atoms with Gasteiger partial charge in [0.25, 0.3) is 0 Å². The second-order valence-electron chi connectivity index (χ2n) is 7.38. The van der Waals surface area contributed by atoms with Gasteiger partial charge in [-0.3, -0.25) is 4.90 Å². The zero-order chi connectivity index (χ0) is 17.1. The molecule has 1 spiro atoms. The second kappa shape index (κ2) is 7.00. The van der Waals surface area contributed by atoms with E-state index in [0.29, 0.717) is 5.41 Å². The van der Waals surface area contributed by atoms with Gasteiger partial charge in [0, 0.05) is 44.0 Å². The molecule has 0 aliphatic carbocycles. The van der Waals surface area contributed by atoms with Gasteiger partial charge in [-0.2, -0.15) is 0 Å². The molecule has 2 saturated heterocycles. The van der Waals surface area contributed by atoms with E-state index in [4.69, 9.17) is 4.74 Å². The molecule has 0 saturated carbocycles. The van der Waals surface area contributed by atoms with E-state index in [1.807, 2.05) is 18.5 Å². The van der Waals surface area contributed by atoms with Crippen molar-refractivity contribution in [3.8, 4) is 5.75 Å².